The zero-order chi connectivity index (χ0) is 19.6. The Bertz CT molecular complexity index is 832. The lowest BCUT2D eigenvalue weighted by molar-refractivity contribution is -0.121. The fourth-order valence-electron chi connectivity index (χ4n) is 3.85. The number of imide groups is 1. The fraction of sp³-hybridized carbons (Fsp3) is 0.391. The van der Waals surface area contributed by atoms with Crippen molar-refractivity contribution in [1.82, 2.24) is 0 Å². The summed E-state index contributed by atoms with van der Waals surface area (Å²) in [7, 11) is 0. The Morgan fingerprint density at radius 3 is 2.26 bits per heavy atom. The molecule has 2 aromatic carbocycles. The summed E-state index contributed by atoms with van der Waals surface area (Å²) in [6, 6.07) is 11.7. The van der Waals surface area contributed by atoms with Crippen LogP contribution in [0.4, 0.5) is 11.4 Å². The molecule has 1 heterocycles. The van der Waals surface area contributed by atoms with Crippen LogP contribution < -0.4 is 10.2 Å². The number of hydrogen-bond donors (Lipinski definition) is 1. The average molecular weight is 364 g/mol. The molecule has 1 N–H and O–H groups in total. The van der Waals surface area contributed by atoms with Crippen LogP contribution in [-0.2, 0) is 16.0 Å². The molecule has 4 nitrogen and oxygen atoms in total. The molecule has 1 aliphatic rings. The molecule has 0 aliphatic carbocycles. The minimum Gasteiger partial charge on any atom is -0.373 e. The summed E-state index contributed by atoms with van der Waals surface area (Å²) in [5.74, 6) is -0.322. The highest BCUT2D eigenvalue weighted by Gasteiger charge is 2.40. The van der Waals surface area contributed by atoms with Crippen LogP contribution in [0.3, 0.4) is 0 Å². The van der Waals surface area contributed by atoms with Gasteiger partial charge in [0.1, 0.15) is 6.04 Å². The number of rotatable bonds is 6. The Balaban J connectivity index is 1.77. The molecule has 1 unspecified atom stereocenters. The second-order valence-electron chi connectivity index (χ2n) is 7.52. The third-order valence-electron chi connectivity index (χ3n) is 5.12. The molecule has 2 aromatic rings. The van der Waals surface area contributed by atoms with Gasteiger partial charge in [0, 0.05) is 5.69 Å². The molecular weight excluding hydrogens is 336 g/mol. The van der Waals surface area contributed by atoms with Crippen molar-refractivity contribution in [3.05, 3.63) is 58.7 Å². The molecule has 4 heteroatoms. The highest BCUT2D eigenvalue weighted by Crippen LogP contribution is 2.31. The van der Waals surface area contributed by atoms with E-state index in [0.29, 0.717) is 0 Å². The first-order chi connectivity index (χ1) is 12.9. The summed E-state index contributed by atoms with van der Waals surface area (Å²) in [5.41, 5.74) is 5.94. The van der Waals surface area contributed by atoms with E-state index in [2.05, 4.69) is 24.4 Å². The van der Waals surface area contributed by atoms with Gasteiger partial charge in [-0.25, -0.2) is 4.90 Å². The lowest BCUT2D eigenvalue weighted by Gasteiger charge is -2.21. The maximum Gasteiger partial charge on any atom is 0.256 e. The Morgan fingerprint density at radius 1 is 1.04 bits per heavy atom. The summed E-state index contributed by atoms with van der Waals surface area (Å²) < 4.78 is 0. The Labute approximate surface area is 161 Å². The maximum absolute atomic E-state index is 13.0. The van der Waals surface area contributed by atoms with Crippen LogP contribution in [0.5, 0.6) is 0 Å². The first kappa shape index (κ1) is 19.2. The van der Waals surface area contributed by atoms with Gasteiger partial charge in [-0.2, -0.15) is 0 Å². The predicted octanol–water partition coefficient (Wildman–Crippen LogP) is 4.70. The number of nitrogens with zero attached hydrogens (tertiary/aromatic N) is 1. The van der Waals surface area contributed by atoms with Gasteiger partial charge >= 0.3 is 0 Å². The average Bonchev–Trinajstić information content (AvgIpc) is 2.88. The van der Waals surface area contributed by atoms with Gasteiger partial charge in [0.05, 0.1) is 12.1 Å². The molecule has 1 fully saturated rings. The summed E-state index contributed by atoms with van der Waals surface area (Å²) in [5, 5.41) is 3.24. The smallest absolute Gasteiger partial charge is 0.256 e. The summed E-state index contributed by atoms with van der Waals surface area (Å²) in [6.07, 6.45) is 3.60. The molecule has 0 radical (unpaired) electrons. The van der Waals surface area contributed by atoms with Gasteiger partial charge in [0.2, 0.25) is 5.91 Å². The zero-order valence-corrected chi connectivity index (χ0v) is 16.6. The normalized spacial score (nSPS) is 16.9. The maximum atomic E-state index is 13.0. The summed E-state index contributed by atoms with van der Waals surface area (Å²) in [4.78, 5) is 26.9. The number of benzene rings is 2. The molecule has 1 aliphatic heterocycles. The van der Waals surface area contributed by atoms with Gasteiger partial charge in [-0.15, -0.1) is 0 Å². The van der Waals surface area contributed by atoms with Crippen molar-refractivity contribution in [2.24, 2.45) is 0 Å². The number of hydrogen-bond acceptors (Lipinski definition) is 3. The van der Waals surface area contributed by atoms with Crippen LogP contribution in [0, 0.1) is 20.8 Å². The number of unbranched alkanes of at least 4 members (excludes halogenated alkanes) is 1. The molecule has 27 heavy (non-hydrogen) atoms. The van der Waals surface area contributed by atoms with Gasteiger partial charge in [-0.3, -0.25) is 9.59 Å². The lowest BCUT2D eigenvalue weighted by Crippen LogP contribution is -2.35. The molecule has 1 saturated heterocycles. The van der Waals surface area contributed by atoms with Crippen molar-refractivity contribution in [1.29, 1.82) is 0 Å². The van der Waals surface area contributed by atoms with Crippen molar-refractivity contribution < 1.29 is 9.59 Å². The Hall–Kier alpha value is -2.62. The largest absolute Gasteiger partial charge is 0.373 e. The monoisotopic (exact) mass is 364 g/mol. The minimum atomic E-state index is -0.515. The second-order valence-corrected chi connectivity index (χ2v) is 7.52. The van der Waals surface area contributed by atoms with Gasteiger partial charge in [-0.05, 0) is 62.4 Å². The van der Waals surface area contributed by atoms with E-state index in [1.807, 2.05) is 45.0 Å². The molecule has 2 amide bonds. The van der Waals surface area contributed by atoms with Crippen LogP contribution in [0.15, 0.2) is 36.4 Å². The van der Waals surface area contributed by atoms with Gasteiger partial charge in [-0.1, -0.05) is 43.2 Å². The van der Waals surface area contributed by atoms with Crippen molar-refractivity contribution >= 4 is 23.2 Å². The van der Waals surface area contributed by atoms with E-state index in [9.17, 15) is 9.59 Å². The van der Waals surface area contributed by atoms with Gasteiger partial charge in [0.15, 0.2) is 0 Å². The molecule has 0 spiro atoms. The second kappa shape index (κ2) is 7.95. The van der Waals surface area contributed by atoms with E-state index in [0.717, 1.165) is 34.5 Å². The highest BCUT2D eigenvalue weighted by atomic mass is 16.2. The van der Waals surface area contributed by atoms with E-state index < -0.39 is 6.04 Å². The number of nitrogens with one attached hydrogen (secondary N) is 1. The SMILES string of the molecule is CCCCc1ccc(NC2CC(=O)N(c3c(C)cc(C)cc3C)C2=O)cc1. The molecule has 0 saturated carbocycles. The number of carbonyl (C=O) groups excluding carboxylic acids is 2. The van der Waals surface area contributed by atoms with E-state index in [1.165, 1.54) is 23.3 Å². The van der Waals surface area contributed by atoms with E-state index in [1.54, 1.807) is 0 Å². The number of carbonyl (C=O) groups is 2. The zero-order valence-electron chi connectivity index (χ0n) is 16.6. The standard InChI is InChI=1S/C23H28N2O2/c1-5-6-7-18-8-10-19(11-9-18)24-20-14-21(26)25(23(20)27)22-16(3)12-15(2)13-17(22)4/h8-13,20,24H,5-7,14H2,1-4H3. The third kappa shape index (κ3) is 4.05. The van der Waals surface area contributed by atoms with Crippen molar-refractivity contribution in [3.63, 3.8) is 0 Å². The molecule has 0 aromatic heterocycles. The molecular formula is C23H28N2O2. The first-order valence-corrected chi connectivity index (χ1v) is 9.70. The van der Waals surface area contributed by atoms with E-state index >= 15 is 0 Å². The molecule has 142 valence electrons. The molecule has 1 atom stereocenters. The molecule has 0 bridgehead atoms. The van der Waals surface area contributed by atoms with Crippen LogP contribution in [-0.4, -0.2) is 17.9 Å². The van der Waals surface area contributed by atoms with Crippen LogP contribution in [0.1, 0.15) is 48.4 Å². The van der Waals surface area contributed by atoms with Crippen LogP contribution >= 0.6 is 0 Å². The molecule has 3 rings (SSSR count). The fourth-order valence-corrected chi connectivity index (χ4v) is 3.85. The Kier molecular flexibility index (Phi) is 5.64. The first-order valence-electron chi connectivity index (χ1n) is 9.70. The van der Waals surface area contributed by atoms with Gasteiger partial charge < -0.3 is 5.32 Å². The van der Waals surface area contributed by atoms with Crippen LogP contribution in [0.2, 0.25) is 0 Å². The Morgan fingerprint density at radius 2 is 1.67 bits per heavy atom. The summed E-state index contributed by atoms with van der Waals surface area (Å²) >= 11 is 0. The third-order valence-corrected chi connectivity index (χ3v) is 5.12. The van der Waals surface area contributed by atoms with Gasteiger partial charge in [0.25, 0.3) is 5.91 Å². The van der Waals surface area contributed by atoms with Crippen molar-refractivity contribution in [3.8, 4) is 0 Å². The number of aryl methyl sites for hydroxylation is 4. The minimum absolute atomic E-state index is 0.146. The number of anilines is 2. The van der Waals surface area contributed by atoms with Crippen molar-refractivity contribution in [2.75, 3.05) is 10.2 Å². The van der Waals surface area contributed by atoms with Crippen LogP contribution in [0.25, 0.3) is 0 Å². The predicted molar refractivity (Wildman–Crippen MR) is 110 cm³/mol. The van der Waals surface area contributed by atoms with E-state index in [-0.39, 0.29) is 18.2 Å². The number of amides is 2. The van der Waals surface area contributed by atoms with E-state index in [4.69, 9.17) is 0 Å². The summed E-state index contributed by atoms with van der Waals surface area (Å²) in [6.45, 7) is 8.10. The lowest BCUT2D eigenvalue weighted by atomic mass is 10.0. The highest BCUT2D eigenvalue weighted by molar-refractivity contribution is 6.23. The quantitative estimate of drug-likeness (QED) is 0.756. The topological polar surface area (TPSA) is 49.4 Å². The van der Waals surface area contributed by atoms with Crippen molar-refractivity contribution in [2.45, 2.75) is 59.4 Å².